The zero-order valence-electron chi connectivity index (χ0n) is 17.0. The molecule has 7 heteroatoms. The third-order valence-corrected chi connectivity index (χ3v) is 6.52. The van der Waals surface area contributed by atoms with Crippen molar-refractivity contribution in [1.29, 1.82) is 0 Å². The van der Waals surface area contributed by atoms with E-state index in [1.165, 1.54) is 16.0 Å². The Morgan fingerprint density at radius 1 is 0.969 bits per heavy atom. The number of pyridine rings is 1. The van der Waals surface area contributed by atoms with Gasteiger partial charge in [-0.3, -0.25) is 4.79 Å². The third-order valence-electron chi connectivity index (χ3n) is 5.46. The van der Waals surface area contributed by atoms with Gasteiger partial charge in [0.25, 0.3) is 5.56 Å². The molecule has 0 N–H and O–H groups in total. The topological polar surface area (TPSA) is 73.8 Å². The van der Waals surface area contributed by atoms with Crippen LogP contribution in [-0.4, -0.2) is 20.0 Å². The Labute approximate surface area is 186 Å². The van der Waals surface area contributed by atoms with Gasteiger partial charge in [0, 0.05) is 11.1 Å². The smallest absolute Gasteiger partial charge is 0.292 e. The fourth-order valence-electron chi connectivity index (χ4n) is 3.89. The minimum atomic E-state index is -0.209. The lowest BCUT2D eigenvalue weighted by Gasteiger charge is -2.07. The van der Waals surface area contributed by atoms with E-state index in [4.69, 9.17) is 9.40 Å². The molecule has 4 aromatic heterocycles. The summed E-state index contributed by atoms with van der Waals surface area (Å²) in [6, 6.07) is 23.3. The molecular weight excluding hydrogens is 420 g/mol. The predicted molar refractivity (Wildman–Crippen MR) is 126 cm³/mol. The van der Waals surface area contributed by atoms with Gasteiger partial charge >= 0.3 is 0 Å². The van der Waals surface area contributed by atoms with E-state index in [1.54, 1.807) is 6.26 Å². The molecule has 4 heterocycles. The van der Waals surface area contributed by atoms with E-state index in [1.807, 2.05) is 79.7 Å². The summed E-state index contributed by atoms with van der Waals surface area (Å²) in [6.45, 7) is 1.95. The van der Waals surface area contributed by atoms with E-state index in [-0.39, 0.29) is 5.56 Å². The van der Waals surface area contributed by atoms with Crippen molar-refractivity contribution >= 4 is 31.8 Å². The Hall–Kier alpha value is -4.10. The van der Waals surface area contributed by atoms with E-state index in [0.29, 0.717) is 21.7 Å². The van der Waals surface area contributed by atoms with E-state index in [9.17, 15) is 4.79 Å². The van der Waals surface area contributed by atoms with Gasteiger partial charge in [0.1, 0.15) is 20.8 Å². The molecule has 6 nitrogen and oxygen atoms in total. The Bertz CT molecular complexity index is 1650. The number of furan rings is 1. The van der Waals surface area contributed by atoms with Crippen LogP contribution in [0.1, 0.15) is 5.56 Å². The van der Waals surface area contributed by atoms with Crippen LogP contribution in [0.15, 0.2) is 88.3 Å². The van der Waals surface area contributed by atoms with Crippen molar-refractivity contribution in [2.45, 2.75) is 6.92 Å². The summed E-state index contributed by atoms with van der Waals surface area (Å²) < 4.78 is 7.60. The summed E-state index contributed by atoms with van der Waals surface area (Å²) in [7, 11) is 0. The average molecular weight is 436 g/mol. The number of rotatable bonds is 3. The second-order valence-corrected chi connectivity index (χ2v) is 8.45. The molecule has 0 saturated carbocycles. The van der Waals surface area contributed by atoms with Gasteiger partial charge in [-0.15, -0.1) is 16.4 Å². The number of aromatic nitrogens is 4. The lowest BCUT2D eigenvalue weighted by molar-refractivity contribution is 0.583. The molecule has 2 aromatic carbocycles. The van der Waals surface area contributed by atoms with Crippen LogP contribution >= 0.6 is 11.3 Å². The Morgan fingerprint density at radius 3 is 2.56 bits per heavy atom. The van der Waals surface area contributed by atoms with Crippen LogP contribution in [0.2, 0.25) is 0 Å². The van der Waals surface area contributed by atoms with Crippen molar-refractivity contribution in [3.63, 3.8) is 0 Å². The van der Waals surface area contributed by atoms with Gasteiger partial charge in [-0.05, 0) is 36.8 Å². The number of hydrogen-bond acceptors (Lipinski definition) is 6. The summed E-state index contributed by atoms with van der Waals surface area (Å²) in [5.74, 6) is 0.694. The maximum Gasteiger partial charge on any atom is 0.292 e. The van der Waals surface area contributed by atoms with Gasteiger partial charge in [0.05, 0.1) is 23.0 Å². The lowest BCUT2D eigenvalue weighted by atomic mass is 10.0. The Morgan fingerprint density at radius 2 is 1.78 bits per heavy atom. The summed E-state index contributed by atoms with van der Waals surface area (Å²) in [6.07, 6.45) is 1.63. The normalized spacial score (nSPS) is 11.4. The number of nitrogens with zero attached hydrogens (tertiary/aromatic N) is 4. The second-order valence-electron chi connectivity index (χ2n) is 7.45. The van der Waals surface area contributed by atoms with Gasteiger partial charge in [0.15, 0.2) is 0 Å². The van der Waals surface area contributed by atoms with Crippen LogP contribution in [0.5, 0.6) is 0 Å². The molecule has 0 atom stereocenters. The first-order valence-corrected chi connectivity index (χ1v) is 10.9. The number of benzene rings is 2. The molecular formula is C25H16N4O2S. The zero-order valence-corrected chi connectivity index (χ0v) is 17.8. The molecule has 154 valence electrons. The Balaban J connectivity index is 1.69. The molecule has 6 rings (SSSR count). The van der Waals surface area contributed by atoms with Gasteiger partial charge in [-0.2, -0.15) is 4.68 Å². The molecule has 0 aliphatic heterocycles. The first-order valence-electron chi connectivity index (χ1n) is 10.1. The first-order chi connectivity index (χ1) is 15.7. The summed E-state index contributed by atoms with van der Waals surface area (Å²) in [4.78, 5) is 19.0. The van der Waals surface area contributed by atoms with Crippen molar-refractivity contribution in [2.75, 3.05) is 0 Å². The van der Waals surface area contributed by atoms with Crippen LogP contribution in [0.25, 0.3) is 48.7 Å². The molecule has 6 aromatic rings. The van der Waals surface area contributed by atoms with Crippen LogP contribution < -0.4 is 5.56 Å². The fourth-order valence-corrected chi connectivity index (χ4v) is 4.95. The predicted octanol–water partition coefficient (Wildman–Crippen LogP) is 5.63. The SMILES string of the molecule is Cc1ccccc1-n1nnc2c(sc3nc(-c4ccccc4)cc(-c4ccco4)c32)c1=O. The fraction of sp³-hybridized carbons (Fsp3) is 0.0400. The summed E-state index contributed by atoms with van der Waals surface area (Å²) >= 11 is 1.33. The molecule has 0 unspecified atom stereocenters. The lowest BCUT2D eigenvalue weighted by Crippen LogP contribution is -2.22. The number of thiophene rings is 1. The number of fused-ring (bicyclic) bond motifs is 3. The minimum absolute atomic E-state index is 0.209. The molecule has 0 fully saturated rings. The number of aryl methyl sites for hydroxylation is 1. The van der Waals surface area contributed by atoms with E-state index >= 15 is 0 Å². The highest BCUT2D eigenvalue weighted by atomic mass is 32.1. The van der Waals surface area contributed by atoms with Crippen LogP contribution in [0.4, 0.5) is 0 Å². The minimum Gasteiger partial charge on any atom is -0.464 e. The molecule has 32 heavy (non-hydrogen) atoms. The maximum absolute atomic E-state index is 13.4. The Kier molecular flexibility index (Phi) is 4.22. The van der Waals surface area contributed by atoms with Crippen LogP contribution in [0.3, 0.4) is 0 Å². The molecule has 0 radical (unpaired) electrons. The van der Waals surface area contributed by atoms with Gasteiger partial charge in [-0.1, -0.05) is 53.7 Å². The number of hydrogen-bond donors (Lipinski definition) is 0. The van der Waals surface area contributed by atoms with E-state index < -0.39 is 0 Å². The molecule has 0 aliphatic carbocycles. The molecule has 0 bridgehead atoms. The number of para-hydroxylation sites is 1. The standard InChI is InChI=1S/C25H16N4O2S/c1-15-8-5-6-11-19(15)29-25(30)23-22(27-28-29)21-17(20-12-7-13-31-20)14-18(26-24(21)32-23)16-9-3-2-4-10-16/h2-14H,1H3. The molecule has 0 spiro atoms. The quantitative estimate of drug-likeness (QED) is 0.360. The molecule has 0 amide bonds. The van der Waals surface area contributed by atoms with Crippen molar-refractivity contribution in [3.05, 3.63) is 95.0 Å². The first kappa shape index (κ1) is 18.7. The highest BCUT2D eigenvalue weighted by molar-refractivity contribution is 7.25. The second kappa shape index (κ2) is 7.25. The highest BCUT2D eigenvalue weighted by Crippen LogP contribution is 2.39. The average Bonchev–Trinajstić information content (AvgIpc) is 3.49. The largest absolute Gasteiger partial charge is 0.464 e. The zero-order chi connectivity index (χ0) is 21.7. The van der Waals surface area contributed by atoms with E-state index in [2.05, 4.69) is 10.3 Å². The van der Waals surface area contributed by atoms with Crippen LogP contribution in [-0.2, 0) is 0 Å². The van der Waals surface area contributed by atoms with E-state index in [0.717, 1.165) is 32.6 Å². The van der Waals surface area contributed by atoms with Crippen molar-refractivity contribution in [1.82, 2.24) is 20.0 Å². The monoisotopic (exact) mass is 436 g/mol. The molecule has 0 saturated heterocycles. The maximum atomic E-state index is 13.4. The van der Waals surface area contributed by atoms with Crippen molar-refractivity contribution < 1.29 is 4.42 Å². The van der Waals surface area contributed by atoms with Gasteiger partial charge in [0.2, 0.25) is 0 Å². The highest BCUT2D eigenvalue weighted by Gasteiger charge is 2.21. The van der Waals surface area contributed by atoms with Gasteiger partial charge < -0.3 is 4.42 Å². The van der Waals surface area contributed by atoms with Gasteiger partial charge in [-0.25, -0.2) is 4.98 Å². The third kappa shape index (κ3) is 2.86. The van der Waals surface area contributed by atoms with Crippen molar-refractivity contribution in [3.8, 4) is 28.3 Å². The van der Waals surface area contributed by atoms with Crippen LogP contribution in [0, 0.1) is 6.92 Å². The molecule has 0 aliphatic rings. The summed E-state index contributed by atoms with van der Waals surface area (Å²) in [5.41, 5.74) is 4.63. The van der Waals surface area contributed by atoms with Crippen molar-refractivity contribution in [2.24, 2.45) is 0 Å². The summed E-state index contributed by atoms with van der Waals surface area (Å²) in [5, 5.41) is 9.51.